The zero-order valence-corrected chi connectivity index (χ0v) is 10.2. The number of rotatable bonds is 7. The van der Waals surface area contributed by atoms with Gasteiger partial charge in [-0.05, 0) is 17.7 Å². The average Bonchev–Trinajstić information content (AvgIpc) is 2.37. The zero-order valence-electron chi connectivity index (χ0n) is 10.2. The van der Waals surface area contributed by atoms with Crippen molar-refractivity contribution in [3.8, 4) is 0 Å². The van der Waals surface area contributed by atoms with Gasteiger partial charge in [-0.3, -0.25) is 4.79 Å². The fourth-order valence-corrected chi connectivity index (χ4v) is 1.53. The number of carboxylic acids is 1. The minimum atomic E-state index is -1.05. The molecule has 1 amide bonds. The van der Waals surface area contributed by atoms with Gasteiger partial charge in [0.2, 0.25) is 6.41 Å². The van der Waals surface area contributed by atoms with Crippen LogP contribution in [0.1, 0.15) is 15.9 Å². The smallest absolute Gasteiger partial charge is 0.335 e. The van der Waals surface area contributed by atoms with Gasteiger partial charge in [0.05, 0.1) is 5.56 Å². The maximum Gasteiger partial charge on any atom is 0.335 e. The lowest BCUT2D eigenvalue weighted by Gasteiger charge is -2.16. The third kappa shape index (κ3) is 3.54. The molecule has 0 unspecified atom stereocenters. The quantitative estimate of drug-likeness (QED) is 0.561. The van der Waals surface area contributed by atoms with Crippen LogP contribution in [0.4, 0.5) is 5.69 Å². The predicted octanol–water partition coefficient (Wildman–Crippen LogP) is 1.11. The summed E-state index contributed by atoms with van der Waals surface area (Å²) in [5, 5.41) is 11.3. The Morgan fingerprint density at radius 3 is 2.61 bits per heavy atom. The number of hydrogen-bond donors (Lipinski definition) is 2. The van der Waals surface area contributed by atoms with Gasteiger partial charge in [-0.1, -0.05) is 6.07 Å². The molecule has 0 saturated carbocycles. The molecule has 1 aromatic carbocycles. The number of ether oxygens (including phenoxy) is 2. The number of anilines is 1. The van der Waals surface area contributed by atoms with Crippen LogP contribution in [0.3, 0.4) is 0 Å². The Hall–Kier alpha value is -1.92. The molecule has 0 fully saturated rings. The number of nitrogens with one attached hydrogen (secondary N) is 1. The second-order valence-corrected chi connectivity index (χ2v) is 3.54. The molecule has 1 rings (SSSR count). The minimum Gasteiger partial charge on any atom is -0.478 e. The number of hydrogen-bond acceptors (Lipinski definition) is 4. The van der Waals surface area contributed by atoms with Crippen LogP contribution in [0.2, 0.25) is 0 Å². The Morgan fingerprint density at radius 2 is 2.11 bits per heavy atom. The summed E-state index contributed by atoms with van der Waals surface area (Å²) in [4.78, 5) is 21.3. The van der Waals surface area contributed by atoms with Gasteiger partial charge in [0.15, 0.2) is 6.29 Å². The van der Waals surface area contributed by atoms with Crippen LogP contribution in [0, 0.1) is 0 Å². The highest BCUT2D eigenvalue weighted by molar-refractivity contribution is 5.90. The van der Waals surface area contributed by atoms with Crippen molar-refractivity contribution in [1.29, 1.82) is 0 Å². The SMILES string of the molecule is COC(Cc1ccc(C(=O)O)cc1NC=O)OC. The van der Waals surface area contributed by atoms with Crippen molar-refractivity contribution < 1.29 is 24.2 Å². The van der Waals surface area contributed by atoms with Crippen LogP contribution in [0.5, 0.6) is 0 Å². The Bertz CT molecular complexity index is 428. The second kappa shape index (κ2) is 6.73. The molecule has 1 aromatic rings. The number of carbonyl (C=O) groups excluding carboxylic acids is 1. The fourth-order valence-electron chi connectivity index (χ4n) is 1.53. The van der Waals surface area contributed by atoms with Crippen molar-refractivity contribution >= 4 is 18.1 Å². The molecule has 18 heavy (non-hydrogen) atoms. The van der Waals surface area contributed by atoms with E-state index in [1.165, 1.54) is 26.4 Å². The van der Waals surface area contributed by atoms with Crippen LogP contribution >= 0.6 is 0 Å². The third-order valence-corrected chi connectivity index (χ3v) is 2.48. The van der Waals surface area contributed by atoms with E-state index in [-0.39, 0.29) is 5.56 Å². The molecule has 0 bridgehead atoms. The topological polar surface area (TPSA) is 84.9 Å². The number of methoxy groups -OCH3 is 2. The summed E-state index contributed by atoms with van der Waals surface area (Å²) in [7, 11) is 3.01. The molecule has 0 aliphatic rings. The summed E-state index contributed by atoms with van der Waals surface area (Å²) in [6.07, 6.45) is 0.454. The largest absolute Gasteiger partial charge is 0.478 e. The van der Waals surface area contributed by atoms with Crippen molar-refractivity contribution in [1.82, 2.24) is 0 Å². The molecule has 0 heterocycles. The lowest BCUT2D eigenvalue weighted by molar-refractivity contribution is -0.105. The molecule has 0 atom stereocenters. The van der Waals surface area contributed by atoms with Crippen molar-refractivity contribution in [3.63, 3.8) is 0 Å². The summed E-state index contributed by atoms with van der Waals surface area (Å²) in [5.74, 6) is -1.05. The van der Waals surface area contributed by atoms with Crippen molar-refractivity contribution in [3.05, 3.63) is 29.3 Å². The maximum atomic E-state index is 10.8. The van der Waals surface area contributed by atoms with Gasteiger partial charge in [0.25, 0.3) is 0 Å². The van der Waals surface area contributed by atoms with E-state index >= 15 is 0 Å². The molecule has 6 nitrogen and oxygen atoms in total. The molecule has 0 aliphatic heterocycles. The highest BCUT2D eigenvalue weighted by Gasteiger charge is 2.13. The van der Waals surface area contributed by atoms with E-state index in [1.807, 2.05) is 0 Å². The number of aromatic carboxylic acids is 1. The van der Waals surface area contributed by atoms with E-state index in [0.717, 1.165) is 5.56 Å². The first-order valence-corrected chi connectivity index (χ1v) is 5.24. The summed E-state index contributed by atoms with van der Waals surface area (Å²) in [6, 6.07) is 4.49. The summed E-state index contributed by atoms with van der Waals surface area (Å²) in [6.45, 7) is 0. The molecular weight excluding hydrogens is 238 g/mol. The van der Waals surface area contributed by atoms with Gasteiger partial charge in [-0.25, -0.2) is 4.79 Å². The van der Waals surface area contributed by atoms with E-state index in [1.54, 1.807) is 6.07 Å². The molecule has 98 valence electrons. The van der Waals surface area contributed by atoms with E-state index in [2.05, 4.69) is 5.32 Å². The van der Waals surface area contributed by atoms with Crippen molar-refractivity contribution in [2.75, 3.05) is 19.5 Å². The van der Waals surface area contributed by atoms with Crippen LogP contribution in [0.15, 0.2) is 18.2 Å². The van der Waals surface area contributed by atoms with Gasteiger partial charge >= 0.3 is 5.97 Å². The number of amides is 1. The number of carbonyl (C=O) groups is 2. The molecule has 0 radical (unpaired) electrons. The molecule has 2 N–H and O–H groups in total. The summed E-state index contributed by atoms with van der Waals surface area (Å²) < 4.78 is 10.1. The van der Waals surface area contributed by atoms with Crippen LogP contribution < -0.4 is 5.32 Å². The van der Waals surface area contributed by atoms with Gasteiger partial charge in [0.1, 0.15) is 0 Å². The fraction of sp³-hybridized carbons (Fsp3) is 0.333. The van der Waals surface area contributed by atoms with Gasteiger partial charge < -0.3 is 19.9 Å². The van der Waals surface area contributed by atoms with Gasteiger partial charge in [-0.2, -0.15) is 0 Å². The van der Waals surface area contributed by atoms with Gasteiger partial charge in [0, 0.05) is 26.3 Å². The predicted molar refractivity (Wildman–Crippen MR) is 64.6 cm³/mol. The molecule has 0 saturated heterocycles. The van der Waals surface area contributed by atoms with E-state index < -0.39 is 12.3 Å². The van der Waals surface area contributed by atoms with Crippen LogP contribution in [-0.2, 0) is 20.7 Å². The Labute approximate surface area is 105 Å². The van der Waals surface area contributed by atoms with E-state index in [0.29, 0.717) is 18.5 Å². The van der Waals surface area contributed by atoms with E-state index in [4.69, 9.17) is 14.6 Å². The Balaban J connectivity index is 3.02. The highest BCUT2D eigenvalue weighted by atomic mass is 16.7. The van der Waals surface area contributed by atoms with E-state index in [9.17, 15) is 9.59 Å². The van der Waals surface area contributed by atoms with Gasteiger partial charge in [-0.15, -0.1) is 0 Å². The molecule has 0 aromatic heterocycles. The Morgan fingerprint density at radius 1 is 1.44 bits per heavy atom. The first-order chi connectivity index (χ1) is 8.62. The zero-order chi connectivity index (χ0) is 13.5. The standard InChI is InChI=1S/C12H15NO5/c1-17-11(18-2)6-8-3-4-9(12(15)16)5-10(8)13-7-14/h3-5,7,11H,6H2,1-2H3,(H,13,14)(H,15,16). The molecular formula is C12H15NO5. The number of carboxylic acid groups (broad SMARTS) is 1. The first-order valence-electron chi connectivity index (χ1n) is 5.24. The monoisotopic (exact) mass is 253 g/mol. The second-order valence-electron chi connectivity index (χ2n) is 3.54. The Kier molecular flexibility index (Phi) is 5.29. The highest BCUT2D eigenvalue weighted by Crippen LogP contribution is 2.20. The summed E-state index contributed by atoms with van der Waals surface area (Å²) >= 11 is 0. The van der Waals surface area contributed by atoms with Crippen molar-refractivity contribution in [2.24, 2.45) is 0 Å². The molecule has 0 spiro atoms. The lowest BCUT2D eigenvalue weighted by Crippen LogP contribution is -2.17. The first kappa shape index (κ1) is 14.1. The minimum absolute atomic E-state index is 0.106. The van der Waals surface area contributed by atoms with Crippen LogP contribution in [0.25, 0.3) is 0 Å². The average molecular weight is 253 g/mol. The van der Waals surface area contributed by atoms with Crippen molar-refractivity contribution in [2.45, 2.75) is 12.7 Å². The summed E-state index contributed by atoms with van der Waals surface area (Å²) in [5.41, 5.74) is 1.28. The maximum absolute atomic E-state index is 10.8. The van der Waals surface area contributed by atoms with Crippen LogP contribution in [-0.4, -0.2) is 38.0 Å². The normalized spacial score (nSPS) is 10.4. The molecule has 6 heteroatoms. The third-order valence-electron chi connectivity index (χ3n) is 2.48. The lowest BCUT2D eigenvalue weighted by atomic mass is 10.1. The molecule has 0 aliphatic carbocycles. The number of benzene rings is 1.